The smallest absolute Gasteiger partial charge is 0.356 e. The number of benzene rings is 1. The molecule has 0 aliphatic heterocycles. The van der Waals surface area contributed by atoms with Crippen molar-refractivity contribution in [2.75, 3.05) is 6.61 Å². The number of rotatable bonds is 3. The summed E-state index contributed by atoms with van der Waals surface area (Å²) in [6.45, 7) is 2.10. The number of para-hydroxylation sites is 1. The highest BCUT2D eigenvalue weighted by Crippen LogP contribution is 2.18. The molecular formula is C15H13N3O2. The van der Waals surface area contributed by atoms with Gasteiger partial charge in [-0.3, -0.25) is 0 Å². The van der Waals surface area contributed by atoms with E-state index in [2.05, 4.69) is 10.1 Å². The van der Waals surface area contributed by atoms with Crippen molar-refractivity contribution in [1.82, 2.24) is 14.8 Å². The maximum atomic E-state index is 11.7. The second-order valence-electron chi connectivity index (χ2n) is 4.24. The third-order valence-corrected chi connectivity index (χ3v) is 2.94. The first-order chi connectivity index (χ1) is 9.79. The molecule has 2 aromatic heterocycles. The Morgan fingerprint density at radius 1 is 1.25 bits per heavy atom. The Morgan fingerprint density at radius 2 is 2.05 bits per heavy atom. The molecule has 0 radical (unpaired) electrons. The summed E-state index contributed by atoms with van der Waals surface area (Å²) in [7, 11) is 0. The maximum absolute atomic E-state index is 11.7. The molecule has 0 bridgehead atoms. The predicted octanol–water partition coefficient (Wildman–Crippen LogP) is 2.60. The van der Waals surface area contributed by atoms with E-state index in [4.69, 9.17) is 4.74 Å². The van der Waals surface area contributed by atoms with Gasteiger partial charge in [-0.15, -0.1) is 0 Å². The van der Waals surface area contributed by atoms with Gasteiger partial charge in [-0.05, 0) is 25.1 Å². The zero-order valence-corrected chi connectivity index (χ0v) is 11.0. The van der Waals surface area contributed by atoms with E-state index >= 15 is 0 Å². The third kappa shape index (κ3) is 2.14. The number of carbonyl (C=O) groups is 1. The lowest BCUT2D eigenvalue weighted by atomic mass is 10.2. The van der Waals surface area contributed by atoms with Crippen molar-refractivity contribution in [3.8, 4) is 5.69 Å². The van der Waals surface area contributed by atoms with Crippen LogP contribution in [0.4, 0.5) is 0 Å². The molecule has 0 aliphatic carbocycles. The fourth-order valence-corrected chi connectivity index (χ4v) is 2.01. The summed E-state index contributed by atoms with van der Waals surface area (Å²) in [5.41, 5.74) is 2.05. The van der Waals surface area contributed by atoms with Crippen molar-refractivity contribution in [2.45, 2.75) is 6.92 Å². The van der Waals surface area contributed by atoms with Crippen molar-refractivity contribution in [1.29, 1.82) is 0 Å². The molecule has 0 aliphatic rings. The van der Waals surface area contributed by atoms with E-state index in [-0.39, 0.29) is 5.69 Å². The number of pyridine rings is 1. The van der Waals surface area contributed by atoms with Crippen LogP contribution in [0.1, 0.15) is 17.4 Å². The Labute approximate surface area is 115 Å². The second kappa shape index (κ2) is 5.13. The largest absolute Gasteiger partial charge is 0.461 e. The first kappa shape index (κ1) is 12.3. The molecule has 20 heavy (non-hydrogen) atoms. The lowest BCUT2D eigenvalue weighted by Crippen LogP contribution is -2.07. The first-order valence-electron chi connectivity index (χ1n) is 6.36. The minimum atomic E-state index is -0.421. The van der Waals surface area contributed by atoms with Crippen LogP contribution in [0, 0.1) is 0 Å². The van der Waals surface area contributed by atoms with Gasteiger partial charge in [0, 0.05) is 11.6 Å². The van der Waals surface area contributed by atoms with Gasteiger partial charge >= 0.3 is 5.97 Å². The van der Waals surface area contributed by atoms with Gasteiger partial charge in [0.1, 0.15) is 0 Å². The molecule has 5 heteroatoms. The lowest BCUT2D eigenvalue weighted by Gasteiger charge is -2.04. The minimum absolute atomic E-state index is 0.289. The highest BCUT2D eigenvalue weighted by molar-refractivity contribution is 5.92. The van der Waals surface area contributed by atoms with E-state index in [0.29, 0.717) is 6.61 Å². The number of nitrogens with zero attached hydrogens (tertiary/aromatic N) is 3. The number of fused-ring (bicyclic) bond motifs is 1. The zero-order valence-electron chi connectivity index (χ0n) is 11.0. The topological polar surface area (TPSA) is 57.0 Å². The molecule has 0 atom stereocenters. The van der Waals surface area contributed by atoms with E-state index in [9.17, 15) is 4.79 Å². The highest BCUT2D eigenvalue weighted by Gasteiger charge is 2.12. The number of carbonyl (C=O) groups excluding carboxylic acids is 1. The minimum Gasteiger partial charge on any atom is -0.461 e. The van der Waals surface area contributed by atoms with Crippen LogP contribution in [0.2, 0.25) is 0 Å². The van der Waals surface area contributed by atoms with Crippen molar-refractivity contribution >= 4 is 16.9 Å². The molecule has 3 rings (SSSR count). The van der Waals surface area contributed by atoms with Gasteiger partial charge in [0.2, 0.25) is 0 Å². The normalized spacial score (nSPS) is 10.7. The molecule has 0 N–H and O–H groups in total. The Kier molecular flexibility index (Phi) is 3.16. The molecular weight excluding hydrogens is 254 g/mol. The Bertz CT molecular complexity index is 750. The van der Waals surface area contributed by atoms with E-state index in [1.165, 1.54) is 0 Å². The SMILES string of the molecule is CCOC(=O)c1cc2c(cn1)cnn2-c1ccccc1. The molecule has 1 aromatic carbocycles. The van der Waals surface area contributed by atoms with Crippen molar-refractivity contribution in [2.24, 2.45) is 0 Å². The third-order valence-electron chi connectivity index (χ3n) is 2.94. The van der Waals surface area contributed by atoms with Gasteiger partial charge in [-0.25, -0.2) is 14.5 Å². The van der Waals surface area contributed by atoms with E-state index < -0.39 is 5.97 Å². The summed E-state index contributed by atoms with van der Waals surface area (Å²) in [5.74, 6) is -0.421. The quantitative estimate of drug-likeness (QED) is 0.684. The van der Waals surface area contributed by atoms with Crippen molar-refractivity contribution in [3.05, 3.63) is 54.5 Å². The average molecular weight is 267 g/mol. The number of hydrogen-bond donors (Lipinski definition) is 0. The van der Waals surface area contributed by atoms with E-state index in [1.807, 2.05) is 30.3 Å². The molecule has 0 saturated carbocycles. The van der Waals surface area contributed by atoms with Crippen LogP contribution in [-0.2, 0) is 4.74 Å². The second-order valence-corrected chi connectivity index (χ2v) is 4.24. The van der Waals surface area contributed by atoms with Crippen LogP contribution in [0.15, 0.2) is 48.8 Å². The first-order valence-corrected chi connectivity index (χ1v) is 6.36. The fourth-order valence-electron chi connectivity index (χ4n) is 2.01. The Balaban J connectivity index is 2.11. The number of esters is 1. The van der Waals surface area contributed by atoms with E-state index in [0.717, 1.165) is 16.6 Å². The molecule has 0 amide bonds. The summed E-state index contributed by atoms with van der Waals surface area (Å²) in [4.78, 5) is 15.8. The van der Waals surface area contributed by atoms with Crippen LogP contribution in [0.5, 0.6) is 0 Å². The summed E-state index contributed by atoms with van der Waals surface area (Å²) in [6.07, 6.45) is 3.36. The molecule has 0 unspecified atom stereocenters. The molecule has 2 heterocycles. The van der Waals surface area contributed by atoms with Gasteiger partial charge in [0.15, 0.2) is 5.69 Å². The van der Waals surface area contributed by atoms with Crippen LogP contribution in [-0.4, -0.2) is 27.3 Å². The molecule has 0 fully saturated rings. The van der Waals surface area contributed by atoms with Crippen molar-refractivity contribution in [3.63, 3.8) is 0 Å². The molecule has 100 valence electrons. The number of hydrogen-bond acceptors (Lipinski definition) is 4. The number of aromatic nitrogens is 3. The average Bonchev–Trinajstić information content (AvgIpc) is 2.91. The van der Waals surface area contributed by atoms with Crippen LogP contribution >= 0.6 is 0 Å². The summed E-state index contributed by atoms with van der Waals surface area (Å²) >= 11 is 0. The van der Waals surface area contributed by atoms with Gasteiger partial charge in [-0.1, -0.05) is 18.2 Å². The summed E-state index contributed by atoms with van der Waals surface area (Å²) < 4.78 is 6.75. The van der Waals surface area contributed by atoms with Crippen molar-refractivity contribution < 1.29 is 9.53 Å². The molecule has 0 spiro atoms. The highest BCUT2D eigenvalue weighted by atomic mass is 16.5. The molecule has 0 saturated heterocycles. The van der Waals surface area contributed by atoms with Crippen LogP contribution in [0.25, 0.3) is 16.6 Å². The standard InChI is InChI=1S/C15H13N3O2/c1-2-20-15(19)13-8-14-11(9-16-13)10-17-18(14)12-6-4-3-5-7-12/h3-10H,2H2,1H3. The zero-order chi connectivity index (χ0) is 13.9. The van der Waals surface area contributed by atoms with E-state index in [1.54, 1.807) is 30.1 Å². The van der Waals surface area contributed by atoms with Gasteiger partial charge in [0.05, 0.1) is 24.0 Å². The summed E-state index contributed by atoms with van der Waals surface area (Å²) in [6, 6.07) is 11.4. The predicted molar refractivity (Wildman–Crippen MR) is 74.8 cm³/mol. The monoisotopic (exact) mass is 267 g/mol. The Hall–Kier alpha value is -2.69. The lowest BCUT2D eigenvalue weighted by molar-refractivity contribution is 0.0519. The van der Waals surface area contributed by atoms with Crippen LogP contribution in [0.3, 0.4) is 0 Å². The summed E-state index contributed by atoms with van der Waals surface area (Å²) in [5, 5.41) is 5.21. The maximum Gasteiger partial charge on any atom is 0.356 e. The fraction of sp³-hybridized carbons (Fsp3) is 0.133. The number of ether oxygens (including phenoxy) is 1. The molecule has 3 aromatic rings. The van der Waals surface area contributed by atoms with Gasteiger partial charge in [0.25, 0.3) is 0 Å². The Morgan fingerprint density at radius 3 is 2.80 bits per heavy atom. The van der Waals surface area contributed by atoms with Gasteiger partial charge < -0.3 is 4.74 Å². The molecule has 5 nitrogen and oxygen atoms in total. The van der Waals surface area contributed by atoms with Gasteiger partial charge in [-0.2, -0.15) is 5.10 Å². The van der Waals surface area contributed by atoms with Crippen LogP contribution < -0.4 is 0 Å².